The number of benzene rings is 2. The molecule has 0 aromatic heterocycles. The van der Waals surface area contributed by atoms with Gasteiger partial charge in [0.15, 0.2) is 22.8 Å². The van der Waals surface area contributed by atoms with Crippen LogP contribution in [0.5, 0.6) is 0 Å². The lowest BCUT2D eigenvalue weighted by atomic mass is 9.67. The highest BCUT2D eigenvalue weighted by Crippen LogP contribution is 2.43. The Kier molecular flexibility index (Phi) is 13.6. The van der Waals surface area contributed by atoms with Gasteiger partial charge in [-0.2, -0.15) is 0 Å². The third-order valence-corrected chi connectivity index (χ3v) is 12.5. The van der Waals surface area contributed by atoms with Crippen molar-refractivity contribution in [2.24, 2.45) is 11.8 Å². The van der Waals surface area contributed by atoms with E-state index in [9.17, 15) is 19.8 Å². The number of carbonyl (C=O) groups excluding carboxylic acids is 2. The van der Waals surface area contributed by atoms with E-state index < -0.39 is 11.2 Å². The Bertz CT molecular complexity index is 1410. The van der Waals surface area contributed by atoms with Crippen LogP contribution in [0.25, 0.3) is 0 Å². The summed E-state index contributed by atoms with van der Waals surface area (Å²) in [5.41, 5.74) is -0.785. The lowest BCUT2D eigenvalue weighted by Crippen LogP contribution is -2.56. The molecule has 52 heavy (non-hydrogen) atoms. The Labute approximate surface area is 314 Å². The fourth-order valence-corrected chi connectivity index (χ4v) is 8.78. The predicted molar refractivity (Wildman–Crippen MR) is 210 cm³/mol. The summed E-state index contributed by atoms with van der Waals surface area (Å²) in [6, 6.07) is 19.2. The summed E-state index contributed by atoms with van der Waals surface area (Å²) < 4.78 is 0. The van der Waals surface area contributed by atoms with E-state index in [1.807, 2.05) is 60.7 Å². The van der Waals surface area contributed by atoms with Crippen LogP contribution in [-0.4, -0.2) is 118 Å². The lowest BCUT2D eigenvalue weighted by molar-refractivity contribution is -0.151. The summed E-state index contributed by atoms with van der Waals surface area (Å²) in [5, 5.41) is 23.1. The first kappa shape index (κ1) is 40.7. The van der Waals surface area contributed by atoms with Gasteiger partial charge in [0.25, 0.3) is 0 Å². The monoisotopic (exact) mass is 717 g/mol. The number of aliphatic hydroxyl groups is 2. The highest BCUT2D eigenvalue weighted by Gasteiger charge is 2.48. The van der Waals surface area contributed by atoms with Crippen molar-refractivity contribution in [1.29, 1.82) is 0 Å². The van der Waals surface area contributed by atoms with E-state index in [1.165, 1.54) is 6.42 Å². The van der Waals surface area contributed by atoms with E-state index in [-0.39, 0.29) is 34.5 Å². The fraction of sp³-hybridized carbons (Fsp3) is 0.682. The summed E-state index contributed by atoms with van der Waals surface area (Å²) in [6.07, 6.45) is 8.30. The van der Waals surface area contributed by atoms with Gasteiger partial charge in [-0.05, 0) is 90.2 Å². The molecule has 4 fully saturated rings. The number of hydrogen-bond donors (Lipinski definition) is 2. The minimum absolute atomic E-state index is 0.0233. The highest BCUT2D eigenvalue weighted by molar-refractivity contribution is 5.91. The van der Waals surface area contributed by atoms with Gasteiger partial charge in [-0.3, -0.25) is 29.2 Å². The van der Waals surface area contributed by atoms with Gasteiger partial charge in [-0.25, -0.2) is 0 Å². The van der Waals surface area contributed by atoms with Gasteiger partial charge in [0.2, 0.25) is 0 Å². The maximum Gasteiger partial charge on any atom is 0.183 e. The molecular weight excluding hydrogens is 649 g/mol. The average Bonchev–Trinajstić information content (AvgIpc) is 3.11. The van der Waals surface area contributed by atoms with Crippen molar-refractivity contribution in [2.75, 3.05) is 65.4 Å². The van der Waals surface area contributed by atoms with E-state index in [2.05, 4.69) is 61.1 Å². The maximum absolute atomic E-state index is 13.4. The Morgan fingerprint density at radius 2 is 0.846 bits per heavy atom. The molecule has 2 aromatic carbocycles. The zero-order chi connectivity index (χ0) is 37.6. The molecule has 288 valence electrons. The molecule has 2 saturated carbocycles. The normalized spacial score (nSPS) is 23.1. The number of Topliss-reactive ketones (excluding diaryl/α,β-unsaturated/α-hetero) is 2. The largest absolute Gasteiger partial charge is 0.377 e. The molecular formula is C44H68N4O4. The molecule has 2 saturated heterocycles. The molecule has 2 aliphatic carbocycles. The predicted octanol–water partition coefficient (Wildman–Crippen LogP) is 6.10. The smallest absolute Gasteiger partial charge is 0.183 e. The van der Waals surface area contributed by atoms with E-state index in [4.69, 9.17) is 0 Å². The van der Waals surface area contributed by atoms with Gasteiger partial charge >= 0.3 is 0 Å². The third-order valence-electron chi connectivity index (χ3n) is 12.5. The number of ketones is 2. The van der Waals surface area contributed by atoms with E-state index in [0.717, 1.165) is 108 Å². The van der Waals surface area contributed by atoms with Gasteiger partial charge in [-0.1, -0.05) is 86.3 Å². The zero-order valence-corrected chi connectivity index (χ0v) is 33.2. The van der Waals surface area contributed by atoms with Crippen molar-refractivity contribution in [2.45, 2.75) is 115 Å². The van der Waals surface area contributed by atoms with Crippen LogP contribution < -0.4 is 0 Å². The van der Waals surface area contributed by atoms with E-state index in [1.54, 1.807) is 0 Å². The Morgan fingerprint density at radius 3 is 1.13 bits per heavy atom. The van der Waals surface area contributed by atoms with E-state index >= 15 is 0 Å². The van der Waals surface area contributed by atoms with Crippen LogP contribution in [-0.2, 0) is 20.8 Å². The molecule has 2 aromatic rings. The van der Waals surface area contributed by atoms with Gasteiger partial charge in [0.05, 0.1) is 13.1 Å². The number of carbonyl (C=O) groups is 2. The second kappa shape index (κ2) is 17.3. The van der Waals surface area contributed by atoms with Crippen molar-refractivity contribution in [3.63, 3.8) is 0 Å². The average molecular weight is 717 g/mol. The zero-order valence-electron chi connectivity index (χ0n) is 33.2. The summed E-state index contributed by atoms with van der Waals surface area (Å²) in [5.74, 6) is 0.0488. The molecule has 0 amide bonds. The van der Waals surface area contributed by atoms with Crippen LogP contribution in [0.4, 0.5) is 0 Å². The second-order valence-electron chi connectivity index (χ2n) is 17.9. The van der Waals surface area contributed by atoms with Crippen LogP contribution in [0, 0.1) is 11.8 Å². The molecule has 2 unspecified atom stereocenters. The van der Waals surface area contributed by atoms with Crippen LogP contribution in [0.2, 0.25) is 0 Å². The van der Waals surface area contributed by atoms with Crippen molar-refractivity contribution in [3.8, 4) is 0 Å². The molecule has 4 aliphatic rings. The number of hydrogen-bond acceptors (Lipinski definition) is 8. The molecule has 2 aliphatic heterocycles. The Hall–Kier alpha value is -2.46. The molecule has 0 spiro atoms. The molecule has 8 nitrogen and oxygen atoms in total. The maximum atomic E-state index is 13.4. The molecule has 2 N–H and O–H groups in total. The summed E-state index contributed by atoms with van der Waals surface area (Å²) in [4.78, 5) is 35.9. The highest BCUT2D eigenvalue weighted by atomic mass is 16.3. The van der Waals surface area contributed by atoms with Crippen LogP contribution in [0.15, 0.2) is 60.7 Å². The Morgan fingerprint density at radius 1 is 0.519 bits per heavy atom. The minimum Gasteiger partial charge on any atom is -0.377 e. The van der Waals surface area contributed by atoms with Crippen LogP contribution in [0.1, 0.15) is 104 Å². The van der Waals surface area contributed by atoms with Gasteiger partial charge in [0, 0.05) is 63.4 Å². The quantitative estimate of drug-likeness (QED) is 0.305. The van der Waals surface area contributed by atoms with Crippen molar-refractivity contribution in [3.05, 3.63) is 71.8 Å². The van der Waals surface area contributed by atoms with Crippen molar-refractivity contribution in [1.82, 2.24) is 19.6 Å². The topological polar surface area (TPSA) is 87.6 Å². The first-order valence-electron chi connectivity index (χ1n) is 20.2. The van der Waals surface area contributed by atoms with Crippen LogP contribution in [0.3, 0.4) is 0 Å². The fourth-order valence-electron chi connectivity index (χ4n) is 8.78. The molecule has 0 bridgehead atoms. The first-order chi connectivity index (χ1) is 24.6. The van der Waals surface area contributed by atoms with E-state index in [0.29, 0.717) is 13.1 Å². The first-order valence-corrected chi connectivity index (χ1v) is 20.2. The molecule has 0 radical (unpaired) electrons. The lowest BCUT2D eigenvalue weighted by Gasteiger charge is -2.44. The van der Waals surface area contributed by atoms with Crippen molar-refractivity contribution >= 4 is 11.6 Å². The third kappa shape index (κ3) is 9.60. The molecule has 6 rings (SSSR count). The molecule has 2 heterocycles. The van der Waals surface area contributed by atoms with Crippen molar-refractivity contribution < 1.29 is 19.8 Å². The Balaban J connectivity index is 0.000000202. The second-order valence-corrected chi connectivity index (χ2v) is 17.9. The summed E-state index contributed by atoms with van der Waals surface area (Å²) in [6.45, 7) is 21.6. The number of piperazine rings is 2. The van der Waals surface area contributed by atoms with Crippen LogP contribution >= 0.6 is 0 Å². The molecule has 2 atom stereocenters. The minimum atomic E-state index is -1.34. The van der Waals surface area contributed by atoms with Gasteiger partial charge in [0.1, 0.15) is 0 Å². The summed E-state index contributed by atoms with van der Waals surface area (Å²) in [7, 11) is 0. The SMILES string of the molecule is CC(C)(C)N1CCN(CC(=O)C(O)(c2ccccc2)C2CCC2)CC1.CC(C)(C)N1CCN(CC(=O)C(O)(c2ccccc2)C2CCCCC2)CC1. The summed E-state index contributed by atoms with van der Waals surface area (Å²) >= 11 is 0. The number of nitrogens with zero attached hydrogens (tertiary/aromatic N) is 4. The van der Waals surface area contributed by atoms with Gasteiger partial charge < -0.3 is 10.2 Å². The van der Waals surface area contributed by atoms with Gasteiger partial charge in [-0.15, -0.1) is 0 Å². The molecule has 8 heteroatoms. The standard InChI is InChI=1S/C23H36N2O2.C21H32N2O2/c1-22(2,3)25-16-14-24(15-17-25)18-21(26)23(27,19-10-6-4-7-11-19)20-12-8-5-9-13-20;1-20(2,3)23-14-12-22(13-15-23)16-19(24)21(25,18-10-7-11-18)17-8-5-4-6-9-17/h4,6-7,10-11,20,27H,5,8-9,12-18H2,1-3H3;4-6,8-9,18,25H,7,10-16H2,1-3H3. The number of rotatable bonds is 10.